The number of aromatic nitrogens is 3. The number of hydrogen-bond acceptors (Lipinski definition) is 3. The molecule has 0 aliphatic rings. The number of hydrogen-bond donors (Lipinski definition) is 1. The number of urea groups is 1. The Bertz CT molecular complexity index is 567. The lowest BCUT2D eigenvalue weighted by molar-refractivity contribution is 0.207. The smallest absolute Gasteiger partial charge is 0.317 e. The summed E-state index contributed by atoms with van der Waals surface area (Å²) in [4.78, 5) is 13.6. The minimum absolute atomic E-state index is 0.0586. The fourth-order valence-corrected chi connectivity index (χ4v) is 2.03. The van der Waals surface area contributed by atoms with E-state index in [1.165, 1.54) is 11.1 Å². The number of nitrogens with zero attached hydrogens (tertiary/aromatic N) is 4. The van der Waals surface area contributed by atoms with Crippen LogP contribution in [-0.4, -0.2) is 45.8 Å². The summed E-state index contributed by atoms with van der Waals surface area (Å²) in [6.45, 7) is 4.03. The number of amides is 2. The molecule has 21 heavy (non-hydrogen) atoms. The summed E-state index contributed by atoms with van der Waals surface area (Å²) >= 11 is 0. The number of rotatable bonds is 6. The van der Waals surface area contributed by atoms with Crippen LogP contribution in [0.3, 0.4) is 0 Å². The first kappa shape index (κ1) is 15.0. The van der Waals surface area contributed by atoms with E-state index in [0.29, 0.717) is 19.6 Å². The van der Waals surface area contributed by atoms with Crippen LogP contribution in [-0.2, 0) is 13.0 Å². The Morgan fingerprint density at radius 2 is 2.00 bits per heavy atom. The first-order chi connectivity index (χ1) is 10.2. The highest BCUT2D eigenvalue weighted by molar-refractivity contribution is 5.73. The normalized spacial score (nSPS) is 10.4. The minimum Gasteiger partial charge on any atom is -0.338 e. The highest BCUT2D eigenvalue weighted by Crippen LogP contribution is 2.06. The van der Waals surface area contributed by atoms with Crippen LogP contribution in [0.25, 0.3) is 0 Å². The van der Waals surface area contributed by atoms with Gasteiger partial charge in [-0.05, 0) is 24.5 Å². The third kappa shape index (κ3) is 4.59. The van der Waals surface area contributed by atoms with E-state index in [-0.39, 0.29) is 6.03 Å². The summed E-state index contributed by atoms with van der Waals surface area (Å²) in [5.74, 6) is 0. The molecule has 6 heteroatoms. The lowest BCUT2D eigenvalue weighted by atomic mass is 10.1. The Morgan fingerprint density at radius 3 is 2.71 bits per heavy atom. The maximum absolute atomic E-state index is 12.0. The summed E-state index contributed by atoms with van der Waals surface area (Å²) in [7, 11) is 1.79. The third-order valence-corrected chi connectivity index (χ3v) is 3.44. The Morgan fingerprint density at radius 1 is 1.29 bits per heavy atom. The quantitative estimate of drug-likeness (QED) is 0.875. The van der Waals surface area contributed by atoms with Gasteiger partial charge in [-0.25, -0.2) is 4.79 Å². The first-order valence-electron chi connectivity index (χ1n) is 7.02. The summed E-state index contributed by atoms with van der Waals surface area (Å²) in [5.41, 5.74) is 2.53. The number of benzene rings is 1. The molecule has 0 radical (unpaired) electrons. The molecule has 0 aliphatic heterocycles. The topological polar surface area (TPSA) is 63.1 Å². The molecule has 6 nitrogen and oxygen atoms in total. The molecule has 0 unspecified atom stereocenters. The molecule has 0 aliphatic carbocycles. The van der Waals surface area contributed by atoms with E-state index in [4.69, 9.17) is 0 Å². The van der Waals surface area contributed by atoms with Crippen molar-refractivity contribution in [2.45, 2.75) is 19.9 Å². The van der Waals surface area contributed by atoms with Crippen LogP contribution in [0.1, 0.15) is 11.1 Å². The Hall–Kier alpha value is -2.37. The lowest BCUT2D eigenvalue weighted by Gasteiger charge is -2.18. The van der Waals surface area contributed by atoms with Crippen molar-refractivity contribution in [3.63, 3.8) is 0 Å². The molecule has 112 valence electrons. The van der Waals surface area contributed by atoms with E-state index >= 15 is 0 Å². The predicted molar refractivity (Wildman–Crippen MR) is 80.9 cm³/mol. The molecule has 0 bridgehead atoms. The van der Waals surface area contributed by atoms with E-state index in [0.717, 1.165) is 6.42 Å². The van der Waals surface area contributed by atoms with Crippen LogP contribution in [0.15, 0.2) is 36.9 Å². The summed E-state index contributed by atoms with van der Waals surface area (Å²) in [5, 5.41) is 10.4. The van der Waals surface area contributed by atoms with Crippen molar-refractivity contribution in [2.75, 3.05) is 20.1 Å². The van der Waals surface area contributed by atoms with E-state index in [1.54, 1.807) is 24.6 Å². The van der Waals surface area contributed by atoms with Crippen molar-refractivity contribution in [3.05, 3.63) is 48.0 Å². The second-order valence-corrected chi connectivity index (χ2v) is 5.03. The molecule has 2 aromatic rings. The molecular formula is C15H21N5O. The zero-order valence-corrected chi connectivity index (χ0v) is 12.5. The number of carbonyl (C=O) groups is 1. The van der Waals surface area contributed by atoms with E-state index in [2.05, 4.69) is 34.6 Å². The fraction of sp³-hybridized carbons (Fsp3) is 0.400. The van der Waals surface area contributed by atoms with Crippen LogP contribution >= 0.6 is 0 Å². The number of carbonyl (C=O) groups excluding carboxylic acids is 1. The maximum Gasteiger partial charge on any atom is 0.317 e. The average Bonchev–Trinajstić information content (AvgIpc) is 3.00. The second-order valence-electron chi connectivity index (χ2n) is 5.03. The average molecular weight is 287 g/mol. The number of likely N-dealkylation sites (N-methyl/N-ethyl adjacent to an activating group) is 1. The van der Waals surface area contributed by atoms with Gasteiger partial charge in [-0.1, -0.05) is 24.3 Å². The lowest BCUT2D eigenvalue weighted by Crippen LogP contribution is -2.39. The molecular weight excluding hydrogens is 266 g/mol. The van der Waals surface area contributed by atoms with Gasteiger partial charge >= 0.3 is 6.03 Å². The van der Waals surface area contributed by atoms with Crippen molar-refractivity contribution in [1.29, 1.82) is 0 Å². The highest BCUT2D eigenvalue weighted by atomic mass is 16.2. The largest absolute Gasteiger partial charge is 0.338 e. The van der Waals surface area contributed by atoms with Crippen molar-refractivity contribution in [3.8, 4) is 0 Å². The zero-order valence-electron chi connectivity index (χ0n) is 12.5. The highest BCUT2D eigenvalue weighted by Gasteiger charge is 2.07. The summed E-state index contributed by atoms with van der Waals surface area (Å²) in [6.07, 6.45) is 4.13. The molecule has 0 saturated carbocycles. The third-order valence-electron chi connectivity index (χ3n) is 3.44. The Labute approximate surface area is 124 Å². The molecule has 0 saturated heterocycles. The van der Waals surface area contributed by atoms with Gasteiger partial charge in [0.15, 0.2) is 0 Å². The predicted octanol–water partition coefficient (Wildman–Crippen LogP) is 1.47. The van der Waals surface area contributed by atoms with E-state index < -0.39 is 0 Å². The maximum atomic E-state index is 12.0. The molecule has 0 spiro atoms. The SMILES string of the molecule is Cc1ccccc1CCNC(=O)N(C)CCn1cnnc1. The van der Waals surface area contributed by atoms with Gasteiger partial charge in [0.25, 0.3) is 0 Å². The van der Waals surface area contributed by atoms with Gasteiger partial charge in [-0.3, -0.25) is 0 Å². The van der Waals surface area contributed by atoms with Crippen molar-refractivity contribution in [2.24, 2.45) is 0 Å². The van der Waals surface area contributed by atoms with Gasteiger partial charge in [-0.15, -0.1) is 10.2 Å². The molecule has 2 amide bonds. The fourth-order valence-electron chi connectivity index (χ4n) is 2.03. The standard InChI is InChI=1S/C15H21N5O/c1-13-5-3-4-6-14(13)7-8-16-15(21)19(2)9-10-20-11-17-18-12-20/h3-6,11-12H,7-10H2,1-2H3,(H,16,21). The van der Waals surface area contributed by atoms with Crippen LogP contribution < -0.4 is 5.32 Å². The van der Waals surface area contributed by atoms with Gasteiger partial charge in [0.1, 0.15) is 12.7 Å². The van der Waals surface area contributed by atoms with Crippen LogP contribution in [0, 0.1) is 6.92 Å². The number of aryl methyl sites for hydroxylation is 1. The Balaban J connectivity index is 1.70. The summed E-state index contributed by atoms with van der Waals surface area (Å²) < 4.78 is 1.84. The molecule has 2 rings (SSSR count). The van der Waals surface area contributed by atoms with E-state index in [9.17, 15) is 4.79 Å². The van der Waals surface area contributed by atoms with E-state index in [1.807, 2.05) is 16.7 Å². The van der Waals surface area contributed by atoms with Gasteiger partial charge in [-0.2, -0.15) is 0 Å². The molecule has 1 N–H and O–H groups in total. The van der Waals surface area contributed by atoms with Crippen LogP contribution in [0.4, 0.5) is 4.79 Å². The van der Waals surface area contributed by atoms with Crippen LogP contribution in [0.2, 0.25) is 0 Å². The monoisotopic (exact) mass is 287 g/mol. The van der Waals surface area contributed by atoms with Gasteiger partial charge in [0.05, 0.1) is 0 Å². The molecule has 0 fully saturated rings. The van der Waals surface area contributed by atoms with Crippen molar-refractivity contribution < 1.29 is 4.79 Å². The Kier molecular flexibility index (Phi) is 5.31. The van der Waals surface area contributed by atoms with Gasteiger partial charge in [0.2, 0.25) is 0 Å². The molecule has 1 aromatic heterocycles. The molecule has 1 aromatic carbocycles. The summed E-state index contributed by atoms with van der Waals surface area (Å²) in [6, 6.07) is 8.17. The number of nitrogens with one attached hydrogen (secondary N) is 1. The van der Waals surface area contributed by atoms with Gasteiger partial charge in [0, 0.05) is 26.7 Å². The minimum atomic E-state index is -0.0586. The van der Waals surface area contributed by atoms with Gasteiger partial charge < -0.3 is 14.8 Å². The first-order valence-corrected chi connectivity index (χ1v) is 7.02. The van der Waals surface area contributed by atoms with Crippen molar-refractivity contribution >= 4 is 6.03 Å². The van der Waals surface area contributed by atoms with Crippen molar-refractivity contribution in [1.82, 2.24) is 25.0 Å². The second kappa shape index (κ2) is 7.42. The molecule has 1 heterocycles. The van der Waals surface area contributed by atoms with Crippen LogP contribution in [0.5, 0.6) is 0 Å². The zero-order chi connectivity index (χ0) is 15.1. The molecule has 0 atom stereocenters.